The van der Waals surface area contributed by atoms with E-state index in [1.54, 1.807) is 0 Å². The molecule has 0 bridgehead atoms. The number of amides is 1. The minimum absolute atomic E-state index is 0.107. The summed E-state index contributed by atoms with van der Waals surface area (Å²) in [5, 5.41) is 7.20. The Hall–Kier alpha value is -2.62. The topological polar surface area (TPSA) is 41.1 Å². The Morgan fingerprint density at radius 3 is 2.48 bits per heavy atom. The Morgan fingerprint density at radius 2 is 1.74 bits per heavy atom. The SMILES string of the molecule is Cc1ccc(C(=O)Nc2cccc(CNC(C)c3ccccc3Cl)c2)cc1. The molecule has 0 aromatic heterocycles. The first-order valence-corrected chi connectivity index (χ1v) is 9.35. The van der Waals surface area contributed by atoms with Gasteiger partial charge in [-0.25, -0.2) is 0 Å². The van der Waals surface area contributed by atoms with Crippen LogP contribution in [0.15, 0.2) is 72.8 Å². The minimum Gasteiger partial charge on any atom is -0.322 e. The van der Waals surface area contributed by atoms with E-state index in [1.165, 1.54) is 0 Å². The second kappa shape index (κ2) is 8.85. The highest BCUT2D eigenvalue weighted by atomic mass is 35.5. The number of aryl methyl sites for hydroxylation is 1. The standard InChI is InChI=1S/C23H23ClN2O/c1-16-10-12-19(13-11-16)23(27)26-20-7-5-6-18(14-20)15-25-17(2)21-8-3-4-9-22(21)24/h3-14,17,25H,15H2,1-2H3,(H,26,27). The molecule has 3 aromatic rings. The molecule has 1 unspecified atom stereocenters. The molecule has 1 amide bonds. The maximum absolute atomic E-state index is 12.4. The van der Waals surface area contributed by atoms with Crippen molar-refractivity contribution in [3.63, 3.8) is 0 Å². The van der Waals surface area contributed by atoms with Crippen molar-refractivity contribution in [2.75, 3.05) is 5.32 Å². The second-order valence-corrected chi connectivity index (χ2v) is 7.05. The van der Waals surface area contributed by atoms with Crippen LogP contribution < -0.4 is 10.6 Å². The lowest BCUT2D eigenvalue weighted by Gasteiger charge is -2.16. The molecular weight excluding hydrogens is 356 g/mol. The predicted octanol–water partition coefficient (Wildman–Crippen LogP) is 5.75. The fraction of sp³-hybridized carbons (Fsp3) is 0.174. The van der Waals surface area contributed by atoms with Crippen LogP contribution in [0.4, 0.5) is 5.69 Å². The summed E-state index contributed by atoms with van der Waals surface area (Å²) in [7, 11) is 0. The fourth-order valence-electron chi connectivity index (χ4n) is 2.87. The van der Waals surface area contributed by atoms with Gasteiger partial charge in [0.1, 0.15) is 0 Å². The molecular formula is C23H23ClN2O. The molecule has 0 aliphatic heterocycles. The Labute approximate surface area is 165 Å². The van der Waals surface area contributed by atoms with E-state index in [1.807, 2.05) is 79.7 Å². The van der Waals surface area contributed by atoms with Gasteiger partial charge >= 0.3 is 0 Å². The van der Waals surface area contributed by atoms with Gasteiger partial charge < -0.3 is 10.6 Å². The maximum Gasteiger partial charge on any atom is 0.255 e. The van der Waals surface area contributed by atoms with Crippen molar-refractivity contribution in [1.82, 2.24) is 5.32 Å². The minimum atomic E-state index is -0.107. The first-order valence-electron chi connectivity index (χ1n) is 8.97. The molecule has 3 nitrogen and oxygen atoms in total. The normalized spacial score (nSPS) is 11.8. The van der Waals surface area contributed by atoms with Crippen LogP contribution in [-0.2, 0) is 6.54 Å². The van der Waals surface area contributed by atoms with E-state index in [0.717, 1.165) is 27.4 Å². The second-order valence-electron chi connectivity index (χ2n) is 6.64. The van der Waals surface area contributed by atoms with E-state index in [4.69, 9.17) is 11.6 Å². The summed E-state index contributed by atoms with van der Waals surface area (Å²) in [6.07, 6.45) is 0. The molecule has 0 fully saturated rings. The van der Waals surface area contributed by atoms with Gasteiger partial charge in [-0.05, 0) is 55.3 Å². The van der Waals surface area contributed by atoms with Crippen molar-refractivity contribution >= 4 is 23.2 Å². The van der Waals surface area contributed by atoms with Gasteiger partial charge in [0.05, 0.1) is 0 Å². The van der Waals surface area contributed by atoms with Gasteiger partial charge in [0.25, 0.3) is 5.91 Å². The average molecular weight is 379 g/mol. The average Bonchev–Trinajstić information content (AvgIpc) is 2.67. The zero-order valence-corrected chi connectivity index (χ0v) is 16.3. The number of carbonyl (C=O) groups is 1. The van der Waals surface area contributed by atoms with Gasteiger partial charge in [-0.3, -0.25) is 4.79 Å². The number of anilines is 1. The fourth-order valence-corrected chi connectivity index (χ4v) is 3.17. The lowest BCUT2D eigenvalue weighted by molar-refractivity contribution is 0.102. The molecule has 0 radical (unpaired) electrons. The summed E-state index contributed by atoms with van der Waals surface area (Å²) in [6, 6.07) is 23.4. The Balaban J connectivity index is 1.62. The molecule has 2 N–H and O–H groups in total. The van der Waals surface area contributed by atoms with Crippen molar-refractivity contribution < 1.29 is 4.79 Å². The molecule has 0 spiro atoms. The summed E-state index contributed by atoms with van der Waals surface area (Å²) in [6.45, 7) is 4.77. The zero-order valence-electron chi connectivity index (χ0n) is 15.5. The number of benzene rings is 3. The number of rotatable bonds is 6. The zero-order chi connectivity index (χ0) is 19.2. The highest BCUT2D eigenvalue weighted by Crippen LogP contribution is 2.22. The van der Waals surface area contributed by atoms with E-state index in [2.05, 4.69) is 17.6 Å². The number of hydrogen-bond acceptors (Lipinski definition) is 2. The third-order valence-electron chi connectivity index (χ3n) is 4.48. The molecule has 3 rings (SSSR count). The van der Waals surface area contributed by atoms with Crippen LogP contribution in [0.5, 0.6) is 0 Å². The Morgan fingerprint density at radius 1 is 1.00 bits per heavy atom. The molecule has 0 heterocycles. The molecule has 0 aliphatic rings. The van der Waals surface area contributed by atoms with Gasteiger partial charge in [-0.2, -0.15) is 0 Å². The first kappa shape index (κ1) is 19.2. The lowest BCUT2D eigenvalue weighted by Crippen LogP contribution is -2.18. The highest BCUT2D eigenvalue weighted by molar-refractivity contribution is 6.31. The molecule has 1 atom stereocenters. The van der Waals surface area contributed by atoms with E-state index in [0.29, 0.717) is 12.1 Å². The summed E-state index contributed by atoms with van der Waals surface area (Å²) in [5.74, 6) is -0.107. The molecule has 0 saturated carbocycles. The Kier molecular flexibility index (Phi) is 6.28. The van der Waals surface area contributed by atoms with Crippen molar-refractivity contribution in [1.29, 1.82) is 0 Å². The van der Waals surface area contributed by atoms with Crippen LogP contribution >= 0.6 is 11.6 Å². The summed E-state index contributed by atoms with van der Waals surface area (Å²) < 4.78 is 0. The summed E-state index contributed by atoms with van der Waals surface area (Å²) in [5.41, 5.74) is 4.73. The van der Waals surface area contributed by atoms with Crippen LogP contribution in [0.1, 0.15) is 40.0 Å². The molecule has 138 valence electrons. The van der Waals surface area contributed by atoms with Crippen LogP contribution in [0, 0.1) is 6.92 Å². The summed E-state index contributed by atoms with van der Waals surface area (Å²) >= 11 is 6.26. The smallest absolute Gasteiger partial charge is 0.255 e. The van der Waals surface area contributed by atoms with Gasteiger partial charge in [0.15, 0.2) is 0 Å². The largest absolute Gasteiger partial charge is 0.322 e. The molecule has 0 aliphatic carbocycles. The lowest BCUT2D eigenvalue weighted by atomic mass is 10.1. The maximum atomic E-state index is 12.4. The van der Waals surface area contributed by atoms with E-state index >= 15 is 0 Å². The predicted molar refractivity (Wildman–Crippen MR) is 112 cm³/mol. The monoisotopic (exact) mass is 378 g/mol. The van der Waals surface area contributed by atoms with Crippen LogP contribution in [0.3, 0.4) is 0 Å². The van der Waals surface area contributed by atoms with E-state index in [-0.39, 0.29) is 11.9 Å². The van der Waals surface area contributed by atoms with E-state index < -0.39 is 0 Å². The molecule has 0 saturated heterocycles. The number of carbonyl (C=O) groups excluding carboxylic acids is 1. The third-order valence-corrected chi connectivity index (χ3v) is 4.83. The number of hydrogen-bond donors (Lipinski definition) is 2. The number of halogens is 1. The molecule has 4 heteroatoms. The molecule has 3 aromatic carbocycles. The quantitative estimate of drug-likeness (QED) is 0.573. The van der Waals surface area contributed by atoms with Crippen LogP contribution in [-0.4, -0.2) is 5.91 Å². The van der Waals surface area contributed by atoms with Gasteiger partial charge in [-0.15, -0.1) is 0 Å². The third kappa shape index (κ3) is 5.19. The van der Waals surface area contributed by atoms with Crippen LogP contribution in [0.25, 0.3) is 0 Å². The van der Waals surface area contributed by atoms with Crippen molar-refractivity contribution in [3.05, 3.63) is 100 Å². The van der Waals surface area contributed by atoms with Crippen molar-refractivity contribution in [3.8, 4) is 0 Å². The number of nitrogens with one attached hydrogen (secondary N) is 2. The van der Waals surface area contributed by atoms with E-state index in [9.17, 15) is 4.79 Å². The van der Waals surface area contributed by atoms with Gasteiger partial charge in [0.2, 0.25) is 0 Å². The first-order chi connectivity index (χ1) is 13.0. The summed E-state index contributed by atoms with van der Waals surface area (Å²) in [4.78, 5) is 12.4. The van der Waals surface area contributed by atoms with Gasteiger partial charge in [-0.1, -0.05) is 59.6 Å². The van der Waals surface area contributed by atoms with Crippen molar-refractivity contribution in [2.24, 2.45) is 0 Å². The van der Waals surface area contributed by atoms with Crippen molar-refractivity contribution in [2.45, 2.75) is 26.4 Å². The highest BCUT2D eigenvalue weighted by Gasteiger charge is 2.09. The van der Waals surface area contributed by atoms with Crippen LogP contribution in [0.2, 0.25) is 5.02 Å². The molecule has 27 heavy (non-hydrogen) atoms. The Bertz CT molecular complexity index is 922. The van der Waals surface area contributed by atoms with Gasteiger partial charge in [0, 0.05) is 28.9 Å².